The SMILES string of the molecule is CC(Sc1ccccc1Br)C(=O)Nc1sccc1C#N. The Bertz CT molecular complexity index is 663. The van der Waals surface area contributed by atoms with Crippen LogP contribution >= 0.6 is 39.0 Å². The predicted octanol–water partition coefficient (Wildman–Crippen LogP) is 4.50. The number of anilines is 1. The Kier molecular flexibility index (Phi) is 5.24. The molecule has 1 atom stereocenters. The van der Waals surface area contributed by atoms with Gasteiger partial charge >= 0.3 is 0 Å². The maximum absolute atomic E-state index is 12.1. The third-order valence-electron chi connectivity index (χ3n) is 2.53. The molecule has 1 unspecified atom stereocenters. The van der Waals surface area contributed by atoms with Crippen molar-refractivity contribution in [1.29, 1.82) is 5.26 Å². The van der Waals surface area contributed by atoms with Gasteiger partial charge in [-0.2, -0.15) is 5.26 Å². The predicted molar refractivity (Wildman–Crippen MR) is 87.1 cm³/mol. The number of benzene rings is 1. The Balaban J connectivity index is 2.03. The number of carbonyl (C=O) groups excluding carboxylic acids is 1. The van der Waals surface area contributed by atoms with Gasteiger partial charge in [0, 0.05) is 9.37 Å². The van der Waals surface area contributed by atoms with E-state index < -0.39 is 0 Å². The quantitative estimate of drug-likeness (QED) is 0.810. The number of amides is 1. The summed E-state index contributed by atoms with van der Waals surface area (Å²) in [4.78, 5) is 13.2. The molecule has 1 heterocycles. The summed E-state index contributed by atoms with van der Waals surface area (Å²) >= 11 is 6.30. The zero-order valence-electron chi connectivity index (χ0n) is 10.6. The zero-order chi connectivity index (χ0) is 14.5. The lowest BCUT2D eigenvalue weighted by Crippen LogP contribution is -2.22. The highest BCUT2D eigenvalue weighted by atomic mass is 79.9. The Morgan fingerprint density at radius 3 is 2.90 bits per heavy atom. The second-order valence-corrected chi connectivity index (χ2v) is 7.11. The first-order valence-electron chi connectivity index (χ1n) is 5.81. The van der Waals surface area contributed by atoms with Gasteiger partial charge in [-0.05, 0) is 46.4 Å². The molecular formula is C14H11BrN2OS2. The first-order valence-corrected chi connectivity index (χ1v) is 8.36. The Morgan fingerprint density at radius 1 is 1.45 bits per heavy atom. The molecule has 1 aromatic heterocycles. The summed E-state index contributed by atoms with van der Waals surface area (Å²) in [6, 6.07) is 11.5. The lowest BCUT2D eigenvalue weighted by Gasteiger charge is -2.12. The van der Waals surface area contributed by atoms with Gasteiger partial charge in [-0.3, -0.25) is 4.79 Å². The van der Waals surface area contributed by atoms with Crippen molar-refractivity contribution in [2.24, 2.45) is 0 Å². The summed E-state index contributed by atoms with van der Waals surface area (Å²) in [6.07, 6.45) is 0. The van der Waals surface area contributed by atoms with E-state index in [9.17, 15) is 4.79 Å². The van der Waals surface area contributed by atoms with Crippen LogP contribution in [0.25, 0.3) is 0 Å². The fourth-order valence-corrected chi connectivity index (χ4v) is 3.68. The van der Waals surface area contributed by atoms with Gasteiger partial charge in [-0.15, -0.1) is 23.1 Å². The highest BCUT2D eigenvalue weighted by Crippen LogP contribution is 2.31. The molecular weight excluding hydrogens is 356 g/mol. The van der Waals surface area contributed by atoms with Gasteiger partial charge in [-0.1, -0.05) is 12.1 Å². The minimum absolute atomic E-state index is 0.107. The van der Waals surface area contributed by atoms with Gasteiger partial charge in [0.25, 0.3) is 0 Å². The number of halogens is 1. The lowest BCUT2D eigenvalue weighted by atomic mass is 10.3. The molecule has 0 saturated carbocycles. The van der Waals surface area contributed by atoms with Crippen LogP contribution in [-0.2, 0) is 4.79 Å². The number of nitriles is 1. The van der Waals surface area contributed by atoms with Crippen LogP contribution in [0.4, 0.5) is 5.00 Å². The largest absolute Gasteiger partial charge is 0.316 e. The number of nitrogens with zero attached hydrogens (tertiary/aromatic N) is 1. The van der Waals surface area contributed by atoms with E-state index in [1.54, 1.807) is 11.4 Å². The molecule has 0 bridgehead atoms. The number of nitrogens with one attached hydrogen (secondary N) is 1. The van der Waals surface area contributed by atoms with E-state index in [0.29, 0.717) is 10.6 Å². The molecule has 0 spiro atoms. The molecule has 0 radical (unpaired) electrons. The van der Waals surface area contributed by atoms with Crippen LogP contribution in [0.5, 0.6) is 0 Å². The second-order valence-electron chi connectivity index (χ2n) is 3.95. The maximum atomic E-state index is 12.1. The van der Waals surface area contributed by atoms with Crippen molar-refractivity contribution in [2.75, 3.05) is 5.32 Å². The summed E-state index contributed by atoms with van der Waals surface area (Å²) in [6.45, 7) is 1.85. The van der Waals surface area contributed by atoms with Crippen LogP contribution in [0, 0.1) is 11.3 Å². The van der Waals surface area contributed by atoms with Crippen LogP contribution < -0.4 is 5.32 Å². The molecule has 0 aliphatic rings. The molecule has 0 aliphatic heterocycles. The molecule has 1 aromatic carbocycles. The van der Waals surface area contributed by atoms with Gasteiger partial charge in [-0.25, -0.2) is 0 Å². The van der Waals surface area contributed by atoms with Crippen molar-refractivity contribution in [3.8, 4) is 6.07 Å². The van der Waals surface area contributed by atoms with E-state index in [1.807, 2.05) is 31.2 Å². The Hall–Kier alpha value is -1.29. The van der Waals surface area contributed by atoms with Crippen molar-refractivity contribution < 1.29 is 4.79 Å². The van der Waals surface area contributed by atoms with Gasteiger partial charge in [0.1, 0.15) is 11.1 Å². The minimum Gasteiger partial charge on any atom is -0.316 e. The van der Waals surface area contributed by atoms with Crippen LogP contribution in [0.2, 0.25) is 0 Å². The third-order valence-corrected chi connectivity index (χ3v) is 5.49. The first kappa shape index (κ1) is 15.1. The van der Waals surface area contributed by atoms with E-state index in [-0.39, 0.29) is 11.2 Å². The van der Waals surface area contributed by atoms with E-state index in [0.717, 1.165) is 9.37 Å². The Labute approximate surface area is 134 Å². The third kappa shape index (κ3) is 3.63. The standard InChI is InChI=1S/C14H11BrN2OS2/c1-9(20-12-5-3-2-4-11(12)15)13(18)17-14-10(8-16)6-7-19-14/h2-7,9H,1H3,(H,17,18). The lowest BCUT2D eigenvalue weighted by molar-refractivity contribution is -0.115. The van der Waals surface area contributed by atoms with E-state index in [1.165, 1.54) is 23.1 Å². The highest BCUT2D eigenvalue weighted by molar-refractivity contribution is 9.10. The summed E-state index contributed by atoms with van der Waals surface area (Å²) < 4.78 is 0.971. The number of thioether (sulfide) groups is 1. The maximum Gasteiger partial charge on any atom is 0.238 e. The Morgan fingerprint density at radius 2 is 2.20 bits per heavy atom. The van der Waals surface area contributed by atoms with Crippen LogP contribution in [0.3, 0.4) is 0 Å². The zero-order valence-corrected chi connectivity index (χ0v) is 13.8. The molecule has 0 aliphatic carbocycles. The molecule has 6 heteroatoms. The molecule has 2 aromatic rings. The van der Waals surface area contributed by atoms with Crippen LogP contribution in [-0.4, -0.2) is 11.2 Å². The topological polar surface area (TPSA) is 52.9 Å². The summed E-state index contributed by atoms with van der Waals surface area (Å²) in [5.74, 6) is -0.107. The second kappa shape index (κ2) is 6.93. The van der Waals surface area contributed by atoms with Crippen molar-refractivity contribution in [2.45, 2.75) is 17.1 Å². The van der Waals surface area contributed by atoms with E-state index in [4.69, 9.17) is 5.26 Å². The summed E-state index contributed by atoms with van der Waals surface area (Å²) in [5.41, 5.74) is 0.501. The fraction of sp³-hybridized carbons (Fsp3) is 0.143. The molecule has 2 rings (SSSR count). The summed E-state index contributed by atoms with van der Waals surface area (Å²) in [5, 5.41) is 13.9. The van der Waals surface area contributed by atoms with E-state index in [2.05, 4.69) is 27.3 Å². The molecule has 20 heavy (non-hydrogen) atoms. The van der Waals surface area contributed by atoms with Crippen molar-refractivity contribution in [3.05, 3.63) is 45.7 Å². The average Bonchev–Trinajstić information content (AvgIpc) is 2.88. The number of carbonyl (C=O) groups is 1. The van der Waals surface area contributed by atoms with Crippen molar-refractivity contribution in [1.82, 2.24) is 0 Å². The van der Waals surface area contributed by atoms with Crippen LogP contribution in [0.1, 0.15) is 12.5 Å². The number of hydrogen-bond donors (Lipinski definition) is 1. The normalized spacial score (nSPS) is 11.7. The van der Waals surface area contributed by atoms with Gasteiger partial charge < -0.3 is 5.32 Å². The van der Waals surface area contributed by atoms with E-state index >= 15 is 0 Å². The minimum atomic E-state index is -0.248. The number of rotatable bonds is 4. The first-order chi connectivity index (χ1) is 9.61. The highest BCUT2D eigenvalue weighted by Gasteiger charge is 2.17. The molecule has 0 fully saturated rings. The molecule has 3 nitrogen and oxygen atoms in total. The van der Waals surface area contributed by atoms with Gasteiger partial charge in [0.05, 0.1) is 10.8 Å². The summed E-state index contributed by atoms with van der Waals surface area (Å²) in [7, 11) is 0. The van der Waals surface area contributed by atoms with Crippen molar-refractivity contribution >= 4 is 49.9 Å². The molecule has 1 amide bonds. The number of thiophene rings is 1. The monoisotopic (exact) mass is 366 g/mol. The smallest absolute Gasteiger partial charge is 0.238 e. The van der Waals surface area contributed by atoms with Crippen molar-refractivity contribution in [3.63, 3.8) is 0 Å². The fourth-order valence-electron chi connectivity index (χ4n) is 1.49. The van der Waals surface area contributed by atoms with Gasteiger partial charge in [0.15, 0.2) is 0 Å². The average molecular weight is 367 g/mol. The molecule has 0 saturated heterocycles. The molecule has 1 N–H and O–H groups in total. The van der Waals surface area contributed by atoms with Crippen LogP contribution in [0.15, 0.2) is 45.1 Å². The van der Waals surface area contributed by atoms with Gasteiger partial charge in [0.2, 0.25) is 5.91 Å². The molecule has 102 valence electrons. The number of hydrogen-bond acceptors (Lipinski definition) is 4.